The molecule has 0 radical (unpaired) electrons. The number of primary amides is 1. The van der Waals surface area contributed by atoms with Gasteiger partial charge in [-0.25, -0.2) is 4.99 Å². The second-order valence-corrected chi connectivity index (χ2v) is 6.92. The van der Waals surface area contributed by atoms with Crippen LogP contribution in [-0.4, -0.2) is 25.0 Å². The van der Waals surface area contributed by atoms with Crippen molar-refractivity contribution in [2.45, 2.75) is 25.2 Å². The average Bonchev–Trinajstić information content (AvgIpc) is 2.62. The molecule has 1 heterocycles. The standard InChI is InChI=1S/C20H23FN4O/c1-20(10-3-11-24-12-20)13-6-8-14(9-7-13)25-18(21)15-4-2-5-16(17(15)22)19(23)26/h2,4-9,24H,3,10-12,22H2,1H3,(H2,23,26). The summed E-state index contributed by atoms with van der Waals surface area (Å²) in [6.45, 7) is 4.21. The van der Waals surface area contributed by atoms with Gasteiger partial charge >= 0.3 is 0 Å². The monoisotopic (exact) mass is 354 g/mol. The number of nitrogens with zero attached hydrogens (tertiary/aromatic N) is 1. The number of hydrogen-bond donors (Lipinski definition) is 3. The predicted molar refractivity (Wildman–Crippen MR) is 103 cm³/mol. The van der Waals surface area contributed by atoms with Crippen LogP contribution < -0.4 is 16.8 Å². The average molecular weight is 354 g/mol. The van der Waals surface area contributed by atoms with Gasteiger partial charge in [0.25, 0.3) is 5.91 Å². The van der Waals surface area contributed by atoms with E-state index in [1.54, 1.807) is 12.1 Å². The van der Waals surface area contributed by atoms with E-state index >= 15 is 0 Å². The number of nitrogens with one attached hydrogen (secondary N) is 1. The lowest BCUT2D eigenvalue weighted by molar-refractivity contribution is 0.100. The van der Waals surface area contributed by atoms with Crippen molar-refractivity contribution in [3.05, 3.63) is 59.2 Å². The van der Waals surface area contributed by atoms with Gasteiger partial charge in [0.15, 0.2) is 0 Å². The molecule has 1 aliphatic rings. The number of para-hydroxylation sites is 1. The molecule has 1 saturated heterocycles. The van der Waals surface area contributed by atoms with Crippen LogP contribution in [-0.2, 0) is 5.41 Å². The van der Waals surface area contributed by atoms with Crippen LogP contribution in [0.5, 0.6) is 0 Å². The van der Waals surface area contributed by atoms with Crippen LogP contribution >= 0.6 is 0 Å². The molecule has 136 valence electrons. The molecule has 0 bridgehead atoms. The van der Waals surface area contributed by atoms with Crippen LogP contribution in [0.25, 0.3) is 0 Å². The van der Waals surface area contributed by atoms with E-state index in [4.69, 9.17) is 11.5 Å². The zero-order chi connectivity index (χ0) is 18.7. The first-order chi connectivity index (χ1) is 12.4. The van der Waals surface area contributed by atoms with Crippen molar-refractivity contribution in [2.24, 2.45) is 10.7 Å². The van der Waals surface area contributed by atoms with Crippen molar-refractivity contribution in [1.82, 2.24) is 5.32 Å². The minimum atomic E-state index is -0.746. The number of amides is 1. The first-order valence-corrected chi connectivity index (χ1v) is 8.65. The molecule has 1 fully saturated rings. The molecule has 1 amide bonds. The van der Waals surface area contributed by atoms with Gasteiger partial charge in [-0.3, -0.25) is 4.79 Å². The van der Waals surface area contributed by atoms with Crippen molar-refractivity contribution in [1.29, 1.82) is 0 Å². The van der Waals surface area contributed by atoms with E-state index in [1.807, 2.05) is 12.1 Å². The number of piperidine rings is 1. The molecular formula is C20H23FN4O. The second-order valence-electron chi connectivity index (χ2n) is 6.92. The number of nitrogen functional groups attached to an aromatic ring is 1. The second kappa shape index (κ2) is 7.25. The molecule has 3 rings (SSSR count). The summed E-state index contributed by atoms with van der Waals surface area (Å²) < 4.78 is 14.6. The Morgan fingerprint density at radius 3 is 2.50 bits per heavy atom. The zero-order valence-corrected chi connectivity index (χ0v) is 14.8. The number of benzene rings is 2. The zero-order valence-electron chi connectivity index (χ0n) is 14.8. The quantitative estimate of drug-likeness (QED) is 0.582. The van der Waals surface area contributed by atoms with E-state index in [0.29, 0.717) is 5.69 Å². The van der Waals surface area contributed by atoms with E-state index in [0.717, 1.165) is 25.9 Å². The van der Waals surface area contributed by atoms with Crippen molar-refractivity contribution in [3.63, 3.8) is 0 Å². The highest BCUT2D eigenvalue weighted by Crippen LogP contribution is 2.32. The fourth-order valence-corrected chi connectivity index (χ4v) is 3.37. The molecule has 5 N–H and O–H groups in total. The third-order valence-electron chi connectivity index (χ3n) is 4.98. The Labute approximate surface area is 152 Å². The molecule has 1 unspecified atom stereocenters. The highest BCUT2D eigenvalue weighted by atomic mass is 19.1. The predicted octanol–water partition coefficient (Wildman–Crippen LogP) is 3.06. The van der Waals surface area contributed by atoms with Crippen LogP contribution in [0.1, 0.15) is 41.3 Å². The fourth-order valence-electron chi connectivity index (χ4n) is 3.37. The number of aliphatic imine (C=N–C) groups is 1. The lowest BCUT2D eigenvalue weighted by Crippen LogP contribution is -2.40. The van der Waals surface area contributed by atoms with Gasteiger partial charge in [-0.15, -0.1) is 0 Å². The van der Waals surface area contributed by atoms with Crippen LogP contribution in [0.15, 0.2) is 47.5 Å². The van der Waals surface area contributed by atoms with Crippen LogP contribution in [0.4, 0.5) is 15.8 Å². The number of carbonyl (C=O) groups is 1. The molecule has 2 aromatic rings. The third-order valence-corrected chi connectivity index (χ3v) is 4.98. The Morgan fingerprint density at radius 1 is 1.19 bits per heavy atom. The van der Waals surface area contributed by atoms with E-state index in [9.17, 15) is 9.18 Å². The van der Waals surface area contributed by atoms with Crippen molar-refractivity contribution < 1.29 is 9.18 Å². The molecular weight excluding hydrogens is 331 g/mol. The molecule has 26 heavy (non-hydrogen) atoms. The third kappa shape index (κ3) is 3.60. The van der Waals surface area contributed by atoms with Crippen molar-refractivity contribution >= 4 is 23.2 Å². The minimum absolute atomic E-state index is 0.00124. The van der Waals surface area contributed by atoms with Crippen LogP contribution in [0.2, 0.25) is 0 Å². The summed E-state index contributed by atoms with van der Waals surface area (Å²) in [5, 5.41) is 3.42. The molecule has 0 spiro atoms. The number of carbonyl (C=O) groups excluding carboxylic acids is 1. The lowest BCUT2D eigenvalue weighted by atomic mass is 9.76. The van der Waals surface area contributed by atoms with Crippen LogP contribution in [0, 0.1) is 0 Å². The van der Waals surface area contributed by atoms with E-state index in [2.05, 4.69) is 17.2 Å². The molecule has 1 atom stereocenters. The normalized spacial score (nSPS) is 20.8. The Balaban J connectivity index is 1.86. The number of hydrogen-bond acceptors (Lipinski definition) is 4. The molecule has 6 heteroatoms. The van der Waals surface area contributed by atoms with Gasteiger partial charge in [0.1, 0.15) is 0 Å². The Bertz CT molecular complexity index is 839. The maximum atomic E-state index is 14.6. The summed E-state index contributed by atoms with van der Waals surface area (Å²) in [5.74, 6) is -1.44. The number of nitrogens with two attached hydrogens (primary N) is 2. The Kier molecular flexibility index (Phi) is 5.04. The topological polar surface area (TPSA) is 93.5 Å². The Hall–Kier alpha value is -2.73. The molecule has 2 aromatic carbocycles. The van der Waals surface area contributed by atoms with Gasteiger partial charge in [0.05, 0.1) is 22.5 Å². The highest BCUT2D eigenvalue weighted by molar-refractivity contribution is 6.06. The van der Waals surface area contributed by atoms with Gasteiger partial charge in [0, 0.05) is 12.0 Å². The smallest absolute Gasteiger partial charge is 0.250 e. The maximum Gasteiger partial charge on any atom is 0.250 e. The van der Waals surface area contributed by atoms with E-state index < -0.39 is 11.9 Å². The first-order valence-electron chi connectivity index (χ1n) is 8.65. The van der Waals surface area contributed by atoms with Crippen LogP contribution in [0.3, 0.4) is 0 Å². The number of rotatable bonds is 4. The molecule has 0 aromatic heterocycles. The van der Waals surface area contributed by atoms with E-state index in [1.165, 1.54) is 23.8 Å². The maximum absolute atomic E-state index is 14.6. The summed E-state index contributed by atoms with van der Waals surface area (Å²) in [6.07, 6.45) is 2.26. The van der Waals surface area contributed by atoms with Gasteiger partial charge in [-0.05, 0) is 49.2 Å². The van der Waals surface area contributed by atoms with Crippen molar-refractivity contribution in [2.75, 3.05) is 18.8 Å². The summed E-state index contributed by atoms with van der Waals surface area (Å²) in [7, 11) is 0. The van der Waals surface area contributed by atoms with Gasteiger partial charge in [-0.1, -0.05) is 25.1 Å². The molecule has 0 aliphatic carbocycles. The Morgan fingerprint density at radius 2 is 1.88 bits per heavy atom. The summed E-state index contributed by atoms with van der Waals surface area (Å²) >= 11 is 0. The SMILES string of the molecule is CC1(c2ccc(N=C(F)c3cccc(C(N)=O)c3N)cc2)CCCNC1. The number of anilines is 1. The van der Waals surface area contributed by atoms with Gasteiger partial charge < -0.3 is 16.8 Å². The lowest BCUT2D eigenvalue weighted by Gasteiger charge is -2.34. The fraction of sp³-hybridized carbons (Fsp3) is 0.300. The highest BCUT2D eigenvalue weighted by Gasteiger charge is 2.28. The molecule has 5 nitrogen and oxygen atoms in total. The minimum Gasteiger partial charge on any atom is -0.397 e. The van der Waals surface area contributed by atoms with Crippen molar-refractivity contribution in [3.8, 4) is 0 Å². The largest absolute Gasteiger partial charge is 0.397 e. The summed E-state index contributed by atoms with van der Waals surface area (Å²) in [6, 6.07) is 12.0. The molecule has 1 aliphatic heterocycles. The van der Waals surface area contributed by atoms with Gasteiger partial charge in [-0.2, -0.15) is 4.39 Å². The first kappa shape index (κ1) is 18.1. The van der Waals surface area contributed by atoms with Gasteiger partial charge in [0.2, 0.25) is 5.97 Å². The summed E-state index contributed by atoms with van der Waals surface area (Å²) in [4.78, 5) is 15.3. The van der Waals surface area contributed by atoms with E-state index in [-0.39, 0.29) is 22.2 Å². The molecule has 0 saturated carbocycles. The summed E-state index contributed by atoms with van der Waals surface area (Å²) in [5.41, 5.74) is 13.0. The number of halogens is 1.